The fourth-order valence-electron chi connectivity index (χ4n) is 0.580. The topological polar surface area (TPSA) is 12.4 Å². The Balaban J connectivity index is 2.68. The van der Waals surface area contributed by atoms with Gasteiger partial charge in [0.05, 0.1) is 8.47 Å². The summed E-state index contributed by atoms with van der Waals surface area (Å²) < 4.78 is 8.23. The van der Waals surface area contributed by atoms with Gasteiger partial charge in [-0.05, 0) is 18.8 Å². The Morgan fingerprint density at radius 3 is 2.17 bits per heavy atom. The molecule has 0 aromatic heterocycles. The lowest BCUT2D eigenvalue weighted by Gasteiger charge is -2.13. The van der Waals surface area contributed by atoms with E-state index in [1.165, 1.54) is 8.47 Å². The van der Waals surface area contributed by atoms with Crippen LogP contribution >= 0.6 is 59.0 Å². The minimum atomic E-state index is 1.15. The van der Waals surface area contributed by atoms with Crippen LogP contribution in [-0.2, 0) is 0 Å². The molecule has 0 N–H and O–H groups in total. The van der Waals surface area contributed by atoms with E-state index < -0.39 is 0 Å². The van der Waals surface area contributed by atoms with Gasteiger partial charge in [0, 0.05) is 11.9 Å². The van der Waals surface area contributed by atoms with Crippen molar-refractivity contribution >= 4 is 63.4 Å². The third-order valence-corrected chi connectivity index (χ3v) is 6.96. The highest BCUT2D eigenvalue weighted by Crippen LogP contribution is 2.46. The molecular weight excluding hydrogens is 246 g/mol. The van der Waals surface area contributed by atoms with Gasteiger partial charge >= 0.3 is 0 Å². The SMILES string of the molecule is CSC1=NSC(SC)=C(SC)S1. The van der Waals surface area contributed by atoms with Crippen molar-refractivity contribution in [2.24, 2.45) is 4.40 Å². The maximum Gasteiger partial charge on any atom is 0.143 e. The largest absolute Gasteiger partial charge is 0.197 e. The number of thioether (sulfide) groups is 4. The third-order valence-electron chi connectivity index (χ3n) is 1.10. The van der Waals surface area contributed by atoms with E-state index in [0.29, 0.717) is 0 Å². The molecule has 1 heterocycles. The summed E-state index contributed by atoms with van der Waals surface area (Å²) in [6.45, 7) is 0. The molecule has 0 aromatic carbocycles. The fourth-order valence-corrected chi connectivity index (χ4v) is 5.25. The lowest BCUT2D eigenvalue weighted by Crippen LogP contribution is -1.89. The molecule has 1 rings (SSSR count). The Bertz CT molecular complexity index is 222. The minimum absolute atomic E-state index is 1.15. The zero-order valence-corrected chi connectivity index (χ0v) is 11.1. The van der Waals surface area contributed by atoms with E-state index in [4.69, 9.17) is 0 Å². The van der Waals surface area contributed by atoms with E-state index in [1.54, 1.807) is 59.0 Å². The van der Waals surface area contributed by atoms with Gasteiger partial charge in [-0.2, -0.15) is 4.40 Å². The molecule has 0 unspecified atom stereocenters. The molecule has 0 radical (unpaired) electrons. The molecule has 0 aromatic rings. The highest BCUT2D eigenvalue weighted by molar-refractivity contribution is 8.46. The van der Waals surface area contributed by atoms with Crippen molar-refractivity contribution in [2.45, 2.75) is 0 Å². The van der Waals surface area contributed by atoms with Gasteiger partial charge in [-0.3, -0.25) is 0 Å². The first-order chi connectivity index (χ1) is 5.81. The predicted octanol–water partition coefficient (Wildman–Crippen LogP) is 3.95. The van der Waals surface area contributed by atoms with Crippen molar-refractivity contribution in [3.05, 3.63) is 8.47 Å². The molecule has 1 nitrogen and oxygen atoms in total. The van der Waals surface area contributed by atoms with Crippen LogP contribution < -0.4 is 0 Å². The third kappa shape index (κ3) is 2.83. The summed E-state index contributed by atoms with van der Waals surface area (Å²) in [5.41, 5.74) is 0. The quantitative estimate of drug-likeness (QED) is 0.690. The van der Waals surface area contributed by atoms with Crippen LogP contribution in [0.3, 0.4) is 0 Å². The molecule has 12 heavy (non-hydrogen) atoms. The van der Waals surface area contributed by atoms with E-state index in [-0.39, 0.29) is 0 Å². The van der Waals surface area contributed by atoms with Crippen molar-refractivity contribution in [2.75, 3.05) is 18.8 Å². The van der Waals surface area contributed by atoms with Gasteiger partial charge < -0.3 is 0 Å². The van der Waals surface area contributed by atoms with Crippen LogP contribution in [0.5, 0.6) is 0 Å². The second-order valence-electron chi connectivity index (χ2n) is 1.74. The number of nitrogens with zero attached hydrogens (tertiary/aromatic N) is 1. The van der Waals surface area contributed by atoms with Crippen molar-refractivity contribution in [3.8, 4) is 0 Å². The molecule has 0 amide bonds. The summed E-state index contributed by atoms with van der Waals surface area (Å²) in [6.07, 6.45) is 6.27. The molecule has 0 saturated heterocycles. The lowest BCUT2D eigenvalue weighted by molar-refractivity contribution is 1.99. The standard InChI is InChI=1S/C6H9NS5/c1-8-4-5(9-2)12-7-6(10-3)11-4/h1-3H3. The zero-order valence-electron chi connectivity index (χ0n) is 6.99. The van der Waals surface area contributed by atoms with Crippen LogP contribution in [0.1, 0.15) is 0 Å². The van der Waals surface area contributed by atoms with E-state index in [0.717, 1.165) is 4.38 Å². The van der Waals surface area contributed by atoms with Crippen LogP contribution in [0.4, 0.5) is 0 Å². The highest BCUT2D eigenvalue weighted by atomic mass is 32.2. The fraction of sp³-hybridized carbons (Fsp3) is 0.500. The normalized spacial score (nSPS) is 18.1. The summed E-state index contributed by atoms with van der Waals surface area (Å²) in [6, 6.07) is 0. The Hall–Kier alpha value is 1.16. The second kappa shape index (κ2) is 5.80. The van der Waals surface area contributed by atoms with Gasteiger partial charge in [0.1, 0.15) is 4.38 Å². The van der Waals surface area contributed by atoms with Crippen LogP contribution in [0.15, 0.2) is 12.9 Å². The van der Waals surface area contributed by atoms with Crippen LogP contribution in [-0.4, -0.2) is 23.1 Å². The molecule has 0 atom stereocenters. The van der Waals surface area contributed by atoms with Crippen molar-refractivity contribution in [1.82, 2.24) is 0 Å². The Morgan fingerprint density at radius 2 is 1.67 bits per heavy atom. The molecule has 0 spiro atoms. The van der Waals surface area contributed by atoms with E-state index in [1.807, 2.05) is 0 Å². The summed E-state index contributed by atoms with van der Waals surface area (Å²) in [4.78, 5) is 0. The lowest BCUT2D eigenvalue weighted by atomic mass is 11.2. The molecule has 1 aliphatic heterocycles. The van der Waals surface area contributed by atoms with E-state index in [2.05, 4.69) is 23.2 Å². The Labute approximate surface area is 94.5 Å². The number of hydrogen-bond donors (Lipinski definition) is 0. The smallest absolute Gasteiger partial charge is 0.143 e. The first-order valence-electron chi connectivity index (χ1n) is 3.11. The van der Waals surface area contributed by atoms with Gasteiger partial charge in [-0.1, -0.05) is 11.8 Å². The summed E-state index contributed by atoms with van der Waals surface area (Å²) >= 11 is 8.67. The average Bonchev–Trinajstić information content (AvgIpc) is 2.16. The predicted molar refractivity (Wildman–Crippen MR) is 70.2 cm³/mol. The Kier molecular flexibility index (Phi) is 5.43. The molecule has 0 bridgehead atoms. The molecular formula is C6H9NS5. The molecule has 0 fully saturated rings. The van der Waals surface area contributed by atoms with E-state index in [9.17, 15) is 0 Å². The van der Waals surface area contributed by atoms with Gasteiger partial charge in [0.2, 0.25) is 0 Å². The highest BCUT2D eigenvalue weighted by Gasteiger charge is 2.15. The monoisotopic (exact) mass is 255 g/mol. The van der Waals surface area contributed by atoms with Crippen LogP contribution in [0.2, 0.25) is 0 Å². The van der Waals surface area contributed by atoms with Crippen molar-refractivity contribution in [1.29, 1.82) is 0 Å². The van der Waals surface area contributed by atoms with E-state index >= 15 is 0 Å². The summed E-state index contributed by atoms with van der Waals surface area (Å²) in [7, 11) is 0. The minimum Gasteiger partial charge on any atom is -0.197 e. The van der Waals surface area contributed by atoms with Gasteiger partial charge in [0.15, 0.2) is 0 Å². The molecule has 6 heteroatoms. The molecule has 68 valence electrons. The van der Waals surface area contributed by atoms with Crippen molar-refractivity contribution < 1.29 is 0 Å². The summed E-state index contributed by atoms with van der Waals surface area (Å²) in [5.74, 6) is 0. The zero-order chi connectivity index (χ0) is 8.97. The maximum atomic E-state index is 4.37. The first-order valence-corrected chi connectivity index (χ1v) is 8.37. The summed E-state index contributed by atoms with van der Waals surface area (Å²) in [5, 5.41) is 0. The number of rotatable bonds is 2. The van der Waals surface area contributed by atoms with Gasteiger partial charge in [-0.25, -0.2) is 0 Å². The first kappa shape index (κ1) is 11.2. The van der Waals surface area contributed by atoms with Crippen LogP contribution in [0, 0.1) is 0 Å². The van der Waals surface area contributed by atoms with Crippen molar-refractivity contribution in [3.63, 3.8) is 0 Å². The molecule has 1 aliphatic rings. The van der Waals surface area contributed by atoms with Gasteiger partial charge in [0.25, 0.3) is 0 Å². The number of hydrogen-bond acceptors (Lipinski definition) is 6. The molecule has 0 aliphatic carbocycles. The average molecular weight is 255 g/mol. The maximum absolute atomic E-state index is 4.37. The van der Waals surface area contributed by atoms with Gasteiger partial charge in [-0.15, -0.1) is 35.3 Å². The molecule has 0 saturated carbocycles. The van der Waals surface area contributed by atoms with Crippen LogP contribution in [0.25, 0.3) is 0 Å². The Morgan fingerprint density at radius 1 is 1.00 bits per heavy atom. The second-order valence-corrected chi connectivity index (χ2v) is 6.71.